The average molecular weight is 253 g/mol. The lowest BCUT2D eigenvalue weighted by Crippen LogP contribution is -2.42. The molecule has 1 aromatic heterocycles. The second kappa shape index (κ2) is 7.76. The van der Waals surface area contributed by atoms with Crippen LogP contribution in [0.5, 0.6) is 0 Å². The van der Waals surface area contributed by atoms with E-state index in [2.05, 4.69) is 29.4 Å². The maximum absolute atomic E-state index is 11.4. The molecule has 18 heavy (non-hydrogen) atoms. The number of rotatable bonds is 7. The number of amides is 2. The summed E-state index contributed by atoms with van der Waals surface area (Å²) in [6.07, 6.45) is 1.66. The van der Waals surface area contributed by atoms with E-state index in [0.717, 1.165) is 18.8 Å². The van der Waals surface area contributed by atoms with Crippen LogP contribution >= 0.6 is 0 Å². The number of hydrogen-bond donors (Lipinski definition) is 2. The van der Waals surface area contributed by atoms with Crippen LogP contribution in [0.4, 0.5) is 4.79 Å². The van der Waals surface area contributed by atoms with E-state index in [1.54, 1.807) is 6.26 Å². The molecule has 2 N–H and O–H groups in total. The molecule has 0 fully saturated rings. The lowest BCUT2D eigenvalue weighted by molar-refractivity contribution is 0.186. The Morgan fingerprint density at radius 1 is 1.33 bits per heavy atom. The van der Waals surface area contributed by atoms with Crippen molar-refractivity contribution in [3.8, 4) is 0 Å². The third kappa shape index (κ3) is 4.07. The predicted molar refractivity (Wildman–Crippen MR) is 71.4 cm³/mol. The Labute approximate surface area is 109 Å². The molecule has 1 aromatic rings. The van der Waals surface area contributed by atoms with E-state index in [4.69, 9.17) is 4.42 Å². The number of carbonyl (C=O) groups excluding carboxylic acids is 1. The number of urea groups is 1. The normalized spacial score (nSPS) is 12.4. The van der Waals surface area contributed by atoms with Crippen LogP contribution in [0.25, 0.3) is 0 Å². The fourth-order valence-electron chi connectivity index (χ4n) is 1.97. The van der Waals surface area contributed by atoms with Crippen LogP contribution in [-0.4, -0.2) is 37.1 Å². The number of nitrogens with zero attached hydrogens (tertiary/aromatic N) is 1. The number of nitrogens with one attached hydrogen (secondary N) is 2. The first-order valence-corrected chi connectivity index (χ1v) is 6.52. The minimum Gasteiger partial charge on any atom is -0.468 e. The van der Waals surface area contributed by atoms with Gasteiger partial charge < -0.3 is 15.1 Å². The quantitative estimate of drug-likeness (QED) is 0.781. The first kappa shape index (κ1) is 14.6. The van der Waals surface area contributed by atoms with Crippen LogP contribution in [0, 0.1) is 0 Å². The highest BCUT2D eigenvalue weighted by Crippen LogP contribution is 2.19. The van der Waals surface area contributed by atoms with E-state index in [1.165, 1.54) is 0 Å². The van der Waals surface area contributed by atoms with Crippen molar-refractivity contribution in [2.24, 2.45) is 0 Å². The molecular weight excluding hydrogens is 230 g/mol. The summed E-state index contributed by atoms with van der Waals surface area (Å²) in [7, 11) is 0. The van der Waals surface area contributed by atoms with Crippen LogP contribution < -0.4 is 10.6 Å². The minimum atomic E-state index is -0.138. The van der Waals surface area contributed by atoms with Crippen molar-refractivity contribution in [2.75, 3.05) is 26.2 Å². The maximum Gasteiger partial charge on any atom is 0.314 e. The van der Waals surface area contributed by atoms with E-state index in [0.29, 0.717) is 13.1 Å². The topological polar surface area (TPSA) is 57.5 Å². The standard InChI is InChI=1S/C13H23N3O2/c1-4-14-13(17)15-10-11(16(5-2)6-3)12-8-7-9-18-12/h7-9,11H,4-6,10H2,1-3H3,(H2,14,15,17)/t11-/m0/s1. The summed E-state index contributed by atoms with van der Waals surface area (Å²) in [6.45, 7) is 9.10. The van der Waals surface area contributed by atoms with Crippen LogP contribution in [0.2, 0.25) is 0 Å². The van der Waals surface area contributed by atoms with Crippen molar-refractivity contribution in [3.05, 3.63) is 24.2 Å². The van der Waals surface area contributed by atoms with E-state index in [9.17, 15) is 4.79 Å². The lowest BCUT2D eigenvalue weighted by Gasteiger charge is -2.28. The highest BCUT2D eigenvalue weighted by atomic mass is 16.3. The molecule has 0 aliphatic heterocycles. The van der Waals surface area contributed by atoms with Crippen LogP contribution in [0.3, 0.4) is 0 Å². The van der Waals surface area contributed by atoms with E-state index in [-0.39, 0.29) is 12.1 Å². The van der Waals surface area contributed by atoms with Gasteiger partial charge in [0.1, 0.15) is 5.76 Å². The molecular formula is C13H23N3O2. The van der Waals surface area contributed by atoms with Crippen molar-refractivity contribution >= 4 is 6.03 Å². The van der Waals surface area contributed by atoms with Gasteiger partial charge in [0.2, 0.25) is 0 Å². The Morgan fingerprint density at radius 2 is 2.06 bits per heavy atom. The first-order chi connectivity index (χ1) is 8.72. The summed E-state index contributed by atoms with van der Waals surface area (Å²) in [6, 6.07) is 3.76. The summed E-state index contributed by atoms with van der Waals surface area (Å²) >= 11 is 0. The smallest absolute Gasteiger partial charge is 0.314 e. The van der Waals surface area contributed by atoms with Crippen molar-refractivity contribution < 1.29 is 9.21 Å². The molecule has 0 aliphatic carbocycles. The van der Waals surface area contributed by atoms with Gasteiger partial charge in [-0.05, 0) is 32.1 Å². The van der Waals surface area contributed by atoms with Gasteiger partial charge in [-0.2, -0.15) is 0 Å². The van der Waals surface area contributed by atoms with Crippen LogP contribution in [0.15, 0.2) is 22.8 Å². The van der Waals surface area contributed by atoms with Gasteiger partial charge in [-0.3, -0.25) is 4.90 Å². The molecule has 0 saturated carbocycles. The van der Waals surface area contributed by atoms with Crippen LogP contribution in [0.1, 0.15) is 32.6 Å². The maximum atomic E-state index is 11.4. The van der Waals surface area contributed by atoms with Gasteiger partial charge in [-0.25, -0.2) is 4.79 Å². The Hall–Kier alpha value is -1.49. The van der Waals surface area contributed by atoms with Crippen molar-refractivity contribution in [1.82, 2.24) is 15.5 Å². The predicted octanol–water partition coefficient (Wildman–Crippen LogP) is 1.98. The van der Waals surface area contributed by atoms with Crippen molar-refractivity contribution in [1.29, 1.82) is 0 Å². The SMILES string of the molecule is CCNC(=O)NC[C@@H](c1ccco1)N(CC)CC. The van der Waals surface area contributed by atoms with E-state index in [1.807, 2.05) is 19.1 Å². The number of hydrogen-bond acceptors (Lipinski definition) is 3. The van der Waals surface area contributed by atoms with Crippen LogP contribution in [-0.2, 0) is 0 Å². The van der Waals surface area contributed by atoms with Gasteiger partial charge >= 0.3 is 6.03 Å². The molecule has 1 rings (SSSR count). The zero-order chi connectivity index (χ0) is 13.4. The number of likely N-dealkylation sites (N-methyl/N-ethyl adjacent to an activating group) is 1. The molecule has 102 valence electrons. The zero-order valence-electron chi connectivity index (χ0n) is 11.4. The van der Waals surface area contributed by atoms with Crippen molar-refractivity contribution in [2.45, 2.75) is 26.8 Å². The van der Waals surface area contributed by atoms with Gasteiger partial charge in [0, 0.05) is 13.1 Å². The molecule has 5 heteroatoms. The fraction of sp³-hybridized carbons (Fsp3) is 0.615. The average Bonchev–Trinajstić information content (AvgIpc) is 2.88. The summed E-state index contributed by atoms with van der Waals surface area (Å²) < 4.78 is 5.46. The largest absolute Gasteiger partial charge is 0.468 e. The second-order valence-corrected chi connectivity index (χ2v) is 3.99. The summed E-state index contributed by atoms with van der Waals surface area (Å²) in [4.78, 5) is 13.7. The number of carbonyl (C=O) groups is 1. The van der Waals surface area contributed by atoms with E-state index < -0.39 is 0 Å². The molecule has 0 saturated heterocycles. The molecule has 1 atom stereocenters. The van der Waals surface area contributed by atoms with Gasteiger partial charge in [-0.15, -0.1) is 0 Å². The minimum absolute atomic E-state index is 0.0811. The Morgan fingerprint density at radius 3 is 2.56 bits per heavy atom. The highest BCUT2D eigenvalue weighted by Gasteiger charge is 2.20. The molecule has 0 aliphatic rings. The number of furan rings is 1. The Bertz CT molecular complexity index is 334. The van der Waals surface area contributed by atoms with E-state index >= 15 is 0 Å². The molecule has 2 amide bonds. The monoisotopic (exact) mass is 253 g/mol. The summed E-state index contributed by atoms with van der Waals surface area (Å²) in [5.41, 5.74) is 0. The summed E-state index contributed by atoms with van der Waals surface area (Å²) in [5.74, 6) is 0.885. The summed E-state index contributed by atoms with van der Waals surface area (Å²) in [5, 5.41) is 5.59. The fourth-order valence-corrected chi connectivity index (χ4v) is 1.97. The molecule has 0 unspecified atom stereocenters. The third-order valence-electron chi connectivity index (χ3n) is 2.92. The molecule has 0 spiro atoms. The third-order valence-corrected chi connectivity index (χ3v) is 2.92. The molecule has 5 nitrogen and oxygen atoms in total. The van der Waals surface area contributed by atoms with Gasteiger partial charge in [-0.1, -0.05) is 13.8 Å². The molecule has 0 aromatic carbocycles. The highest BCUT2D eigenvalue weighted by molar-refractivity contribution is 5.73. The zero-order valence-corrected chi connectivity index (χ0v) is 11.4. The lowest BCUT2D eigenvalue weighted by atomic mass is 10.2. The first-order valence-electron chi connectivity index (χ1n) is 6.52. The Kier molecular flexibility index (Phi) is 6.28. The van der Waals surface area contributed by atoms with Crippen molar-refractivity contribution in [3.63, 3.8) is 0 Å². The molecule has 0 bridgehead atoms. The van der Waals surface area contributed by atoms with Gasteiger partial charge in [0.25, 0.3) is 0 Å². The molecule has 0 radical (unpaired) electrons. The Balaban J connectivity index is 2.64. The molecule has 1 heterocycles. The van der Waals surface area contributed by atoms with Gasteiger partial charge in [0.05, 0.1) is 12.3 Å². The van der Waals surface area contributed by atoms with Gasteiger partial charge in [0.15, 0.2) is 0 Å². The second-order valence-electron chi connectivity index (χ2n) is 3.99.